The van der Waals surface area contributed by atoms with Crippen LogP contribution in [0.15, 0.2) is 47.3 Å². The summed E-state index contributed by atoms with van der Waals surface area (Å²) < 4.78 is 8.20. The molecule has 0 spiro atoms. The Hall–Kier alpha value is -3.85. The number of hydrogen-bond acceptors (Lipinski definition) is 7. The monoisotopic (exact) mass is 460 g/mol. The zero-order valence-corrected chi connectivity index (χ0v) is 19.5. The van der Waals surface area contributed by atoms with Crippen molar-refractivity contribution in [3.05, 3.63) is 48.4 Å². The second kappa shape index (κ2) is 8.83. The van der Waals surface area contributed by atoms with Crippen molar-refractivity contribution in [1.82, 2.24) is 19.7 Å². The number of carbonyl (C=O) groups is 1. The molecule has 0 saturated carbocycles. The highest BCUT2D eigenvalue weighted by molar-refractivity contribution is 6.00. The van der Waals surface area contributed by atoms with Crippen LogP contribution >= 0.6 is 0 Å². The van der Waals surface area contributed by atoms with Crippen molar-refractivity contribution in [2.75, 3.05) is 31.4 Å². The lowest BCUT2D eigenvalue weighted by Crippen LogP contribution is -2.37. The number of amides is 1. The minimum absolute atomic E-state index is 0.129. The van der Waals surface area contributed by atoms with Gasteiger partial charge in [-0.1, -0.05) is 12.1 Å². The highest BCUT2D eigenvalue weighted by Crippen LogP contribution is 2.38. The number of carbonyl (C=O) groups excluding carboxylic acids is 1. The largest absolute Gasteiger partial charge is 0.452 e. The number of nitrogens with one attached hydrogen (secondary N) is 1. The van der Waals surface area contributed by atoms with Crippen LogP contribution < -0.4 is 11.2 Å². The van der Waals surface area contributed by atoms with Gasteiger partial charge >= 0.3 is 0 Å². The Kier molecular flexibility index (Phi) is 5.70. The summed E-state index contributed by atoms with van der Waals surface area (Å²) >= 11 is 0. The number of nitrogens with two attached hydrogens (primary N) is 1. The molecule has 1 fully saturated rings. The van der Waals surface area contributed by atoms with Crippen LogP contribution in [0.4, 0.5) is 11.5 Å². The topological polar surface area (TPSA) is 111 Å². The van der Waals surface area contributed by atoms with Gasteiger partial charge in [-0.3, -0.25) is 19.8 Å². The van der Waals surface area contributed by atoms with Gasteiger partial charge in [-0.25, -0.2) is 4.98 Å². The van der Waals surface area contributed by atoms with Crippen molar-refractivity contribution in [2.45, 2.75) is 32.7 Å². The van der Waals surface area contributed by atoms with E-state index in [2.05, 4.69) is 15.6 Å². The van der Waals surface area contributed by atoms with Crippen LogP contribution in [-0.4, -0.2) is 45.8 Å². The number of nitrogens with zero attached hydrogens (tertiary/aromatic N) is 4. The summed E-state index contributed by atoms with van der Waals surface area (Å²) in [6.07, 6.45) is 7.44. The Bertz CT molecular complexity index is 1350. The van der Waals surface area contributed by atoms with Crippen LogP contribution in [0.25, 0.3) is 33.4 Å². The maximum atomic E-state index is 11.6. The molecule has 176 valence electrons. The maximum Gasteiger partial charge on any atom is 0.219 e. The predicted octanol–water partition coefficient (Wildman–Crippen LogP) is 4.41. The minimum atomic E-state index is 0.129. The number of benzene rings is 1. The molecule has 1 amide bonds. The molecule has 1 aromatic carbocycles. The van der Waals surface area contributed by atoms with Gasteiger partial charge in [0.2, 0.25) is 5.91 Å². The first-order chi connectivity index (χ1) is 16.5. The van der Waals surface area contributed by atoms with Crippen molar-refractivity contribution < 1.29 is 14.0 Å². The van der Waals surface area contributed by atoms with E-state index >= 15 is 0 Å². The Balaban J connectivity index is 1.49. The molecule has 34 heavy (non-hydrogen) atoms. The third-order valence-corrected chi connectivity index (χ3v) is 6.60. The van der Waals surface area contributed by atoms with Gasteiger partial charge in [0.25, 0.3) is 0 Å². The summed E-state index contributed by atoms with van der Waals surface area (Å²) in [6, 6.07) is 8.16. The summed E-state index contributed by atoms with van der Waals surface area (Å²) in [5.74, 6) is 1.18. The molecule has 0 aliphatic carbocycles. The van der Waals surface area contributed by atoms with Gasteiger partial charge in [-0.15, -0.1) is 0 Å². The van der Waals surface area contributed by atoms with Crippen LogP contribution in [0.3, 0.4) is 0 Å². The number of hydrogen-bond donors (Lipinski definition) is 2. The van der Waals surface area contributed by atoms with E-state index in [4.69, 9.17) is 15.0 Å². The molecule has 1 aliphatic heterocycles. The number of pyridine rings is 1. The van der Waals surface area contributed by atoms with Gasteiger partial charge in [0, 0.05) is 54.5 Å². The summed E-state index contributed by atoms with van der Waals surface area (Å²) in [5, 5.41) is 5.51. The molecule has 9 nitrogen and oxygen atoms in total. The van der Waals surface area contributed by atoms with Gasteiger partial charge in [-0.05, 0) is 37.5 Å². The van der Waals surface area contributed by atoms with E-state index < -0.39 is 0 Å². The number of nitrogen functional groups attached to an aromatic ring is 1. The number of piperidine rings is 1. The molecule has 4 heterocycles. The molecule has 1 saturated heterocycles. The summed E-state index contributed by atoms with van der Waals surface area (Å²) in [6.45, 7) is 5.14. The molecule has 9 heteroatoms. The van der Waals surface area contributed by atoms with E-state index in [1.54, 1.807) is 20.2 Å². The maximum absolute atomic E-state index is 11.6. The van der Waals surface area contributed by atoms with Gasteiger partial charge in [0.1, 0.15) is 5.76 Å². The Morgan fingerprint density at radius 1 is 1.24 bits per heavy atom. The molecule has 3 N–H and O–H groups in total. The van der Waals surface area contributed by atoms with Crippen molar-refractivity contribution in [1.29, 1.82) is 0 Å². The molecule has 4 aromatic rings. The second-order valence-electron chi connectivity index (χ2n) is 8.64. The summed E-state index contributed by atoms with van der Waals surface area (Å²) in [7, 11) is 1.58. The Morgan fingerprint density at radius 2 is 2.03 bits per heavy atom. The fourth-order valence-corrected chi connectivity index (χ4v) is 4.65. The SMILES string of the molecule is CONc1cccc(-c2cc3c(-c4cnn(C5CCN(C(C)=O)CC5)c4)cnc(N)c3o2)c1C. The van der Waals surface area contributed by atoms with Gasteiger partial charge in [-0.2, -0.15) is 5.10 Å². The zero-order valence-electron chi connectivity index (χ0n) is 19.5. The molecule has 1 aliphatic rings. The van der Waals surface area contributed by atoms with Crippen LogP contribution in [0, 0.1) is 6.92 Å². The number of likely N-dealkylation sites (tertiary alicyclic amines) is 1. The number of anilines is 2. The molecular formula is C25H28N6O3. The van der Waals surface area contributed by atoms with E-state index in [0.29, 0.717) is 17.2 Å². The fraction of sp³-hybridized carbons (Fsp3) is 0.320. The van der Waals surface area contributed by atoms with E-state index in [-0.39, 0.29) is 11.9 Å². The molecule has 3 aromatic heterocycles. The van der Waals surface area contributed by atoms with E-state index in [9.17, 15) is 4.79 Å². The average molecular weight is 461 g/mol. The second-order valence-corrected chi connectivity index (χ2v) is 8.64. The number of rotatable bonds is 5. The van der Waals surface area contributed by atoms with E-state index in [0.717, 1.165) is 59.3 Å². The van der Waals surface area contributed by atoms with Crippen LogP contribution in [0.2, 0.25) is 0 Å². The third kappa shape index (κ3) is 3.88. The van der Waals surface area contributed by atoms with Crippen molar-refractivity contribution >= 4 is 28.4 Å². The molecule has 0 atom stereocenters. The normalized spacial score (nSPS) is 14.6. The lowest BCUT2D eigenvalue weighted by Gasteiger charge is -2.31. The first kappa shape index (κ1) is 22.0. The van der Waals surface area contributed by atoms with Crippen molar-refractivity contribution in [3.63, 3.8) is 0 Å². The molecule has 0 bridgehead atoms. The van der Waals surface area contributed by atoms with Gasteiger partial charge in [0.15, 0.2) is 11.4 Å². The highest BCUT2D eigenvalue weighted by Gasteiger charge is 2.23. The lowest BCUT2D eigenvalue weighted by atomic mass is 10.0. The zero-order chi connectivity index (χ0) is 23.8. The average Bonchev–Trinajstić information content (AvgIpc) is 3.50. The molecule has 0 unspecified atom stereocenters. The van der Waals surface area contributed by atoms with Crippen LogP contribution in [0.5, 0.6) is 0 Å². The minimum Gasteiger partial charge on any atom is -0.452 e. The predicted molar refractivity (Wildman–Crippen MR) is 131 cm³/mol. The Labute approximate surface area is 197 Å². The van der Waals surface area contributed by atoms with Gasteiger partial charge < -0.3 is 15.1 Å². The third-order valence-electron chi connectivity index (χ3n) is 6.60. The summed E-state index contributed by atoms with van der Waals surface area (Å²) in [4.78, 5) is 23.0. The standard InChI is InChI=1S/C25H28N6O3/c1-15-19(5-4-6-22(15)29-33-3)23-11-20-21(13-27-25(26)24(20)34-23)17-12-28-31(14-17)18-7-9-30(10-8-18)16(2)32/h4-6,11-14,18,29H,7-10H2,1-3H3,(H2,26,27). The fourth-order valence-electron chi connectivity index (χ4n) is 4.65. The molecule has 0 radical (unpaired) electrons. The van der Waals surface area contributed by atoms with E-state index in [1.807, 2.05) is 53.2 Å². The van der Waals surface area contributed by atoms with Crippen molar-refractivity contribution in [2.24, 2.45) is 0 Å². The summed E-state index contributed by atoms with van der Waals surface area (Å²) in [5.41, 5.74) is 14.3. The quantitative estimate of drug-likeness (QED) is 0.425. The van der Waals surface area contributed by atoms with E-state index in [1.165, 1.54) is 0 Å². The first-order valence-corrected chi connectivity index (χ1v) is 11.3. The van der Waals surface area contributed by atoms with Crippen molar-refractivity contribution in [3.8, 4) is 22.5 Å². The number of fused-ring (bicyclic) bond motifs is 1. The molecule has 5 rings (SSSR count). The van der Waals surface area contributed by atoms with Gasteiger partial charge in [0.05, 0.1) is 25.0 Å². The van der Waals surface area contributed by atoms with Crippen LogP contribution in [0.1, 0.15) is 31.4 Å². The first-order valence-electron chi connectivity index (χ1n) is 11.3. The number of aromatic nitrogens is 3. The number of furan rings is 1. The highest BCUT2D eigenvalue weighted by atomic mass is 16.6. The Morgan fingerprint density at radius 3 is 2.76 bits per heavy atom. The smallest absolute Gasteiger partial charge is 0.219 e. The molecular weight excluding hydrogens is 432 g/mol. The van der Waals surface area contributed by atoms with Crippen LogP contribution in [-0.2, 0) is 9.63 Å². The lowest BCUT2D eigenvalue weighted by molar-refractivity contribution is -0.130.